The number of hydrogen-bond acceptors (Lipinski definition) is 5. The van der Waals surface area contributed by atoms with Gasteiger partial charge in [-0.25, -0.2) is 9.18 Å². The molecule has 2 N–H and O–H groups in total. The minimum Gasteiger partial charge on any atom is -0.477 e. The van der Waals surface area contributed by atoms with E-state index in [0.717, 1.165) is 0 Å². The normalized spacial score (nSPS) is 23.8. The zero-order valence-electron chi connectivity index (χ0n) is 18.3. The lowest BCUT2D eigenvalue weighted by Gasteiger charge is -2.46. The van der Waals surface area contributed by atoms with Crippen LogP contribution in [0.4, 0.5) is 4.39 Å². The van der Waals surface area contributed by atoms with Gasteiger partial charge in [-0.15, -0.1) is 0 Å². The van der Waals surface area contributed by atoms with Crippen LogP contribution >= 0.6 is 0 Å². The minimum absolute atomic E-state index is 0.00385. The fraction of sp³-hybridized carbons (Fsp3) is 0.522. The van der Waals surface area contributed by atoms with Crippen molar-refractivity contribution in [3.05, 3.63) is 46.4 Å². The number of nitrogens with zero attached hydrogens (tertiary/aromatic N) is 2. The summed E-state index contributed by atoms with van der Waals surface area (Å²) in [5.74, 6) is -3.03. The van der Waals surface area contributed by atoms with Gasteiger partial charge in [-0.05, 0) is 51.1 Å². The molecule has 0 aliphatic carbocycles. The van der Waals surface area contributed by atoms with E-state index in [-0.39, 0.29) is 41.3 Å². The van der Waals surface area contributed by atoms with Crippen molar-refractivity contribution in [3.63, 3.8) is 0 Å². The molecular weight excluding hydrogens is 403 g/mol. The number of carboxylic acids is 1. The summed E-state index contributed by atoms with van der Waals surface area (Å²) >= 11 is 0. The smallest absolute Gasteiger partial charge is 0.352 e. The van der Waals surface area contributed by atoms with Crippen molar-refractivity contribution in [1.82, 2.24) is 9.80 Å². The maximum absolute atomic E-state index is 14.1. The number of carbonyl (C=O) groups excluding carboxylic acids is 2. The largest absolute Gasteiger partial charge is 0.477 e. The number of halogens is 1. The summed E-state index contributed by atoms with van der Waals surface area (Å²) < 4.78 is 14.1. The van der Waals surface area contributed by atoms with E-state index in [4.69, 9.17) is 0 Å². The molecule has 0 unspecified atom stereocenters. The molecule has 1 saturated heterocycles. The Kier molecular flexibility index (Phi) is 6.62. The number of aliphatic carboxylic acids is 1. The second-order valence-electron chi connectivity index (χ2n) is 8.63. The Balaban J connectivity index is 1.63. The number of carbonyl (C=O) groups is 3. The van der Waals surface area contributed by atoms with Crippen LogP contribution in [0.3, 0.4) is 0 Å². The van der Waals surface area contributed by atoms with E-state index < -0.39 is 23.8 Å². The van der Waals surface area contributed by atoms with Crippen molar-refractivity contribution in [3.8, 4) is 0 Å². The average molecular weight is 432 g/mol. The summed E-state index contributed by atoms with van der Waals surface area (Å²) in [6.07, 6.45) is -0.159. The van der Waals surface area contributed by atoms with Crippen molar-refractivity contribution in [2.45, 2.75) is 45.8 Å². The summed E-state index contributed by atoms with van der Waals surface area (Å²) in [5.41, 5.74) is 1.17. The number of β-lactam (4-membered cyclic amide) rings is 1. The van der Waals surface area contributed by atoms with Crippen LogP contribution in [0.1, 0.15) is 42.6 Å². The van der Waals surface area contributed by atoms with Gasteiger partial charge in [0.2, 0.25) is 5.91 Å². The minimum atomic E-state index is -1.15. The van der Waals surface area contributed by atoms with Crippen LogP contribution in [0.25, 0.3) is 0 Å². The third-order valence-corrected chi connectivity index (χ3v) is 6.39. The molecule has 2 aliphatic rings. The number of aryl methyl sites for hydroxylation is 1. The topological polar surface area (TPSA) is 98.2 Å². The zero-order valence-corrected chi connectivity index (χ0v) is 18.3. The number of hydrogen-bond donors (Lipinski definition) is 2. The Morgan fingerprint density at radius 2 is 2.00 bits per heavy atom. The number of aliphatic hydroxyl groups excluding tert-OH is 1. The molecule has 2 heterocycles. The molecule has 1 aromatic rings. The summed E-state index contributed by atoms with van der Waals surface area (Å²) in [4.78, 5) is 39.8. The van der Waals surface area contributed by atoms with E-state index in [2.05, 4.69) is 0 Å². The van der Waals surface area contributed by atoms with Crippen molar-refractivity contribution in [2.75, 3.05) is 20.1 Å². The van der Waals surface area contributed by atoms with Gasteiger partial charge in [0.05, 0.1) is 23.6 Å². The van der Waals surface area contributed by atoms with Gasteiger partial charge in [0.25, 0.3) is 0 Å². The van der Waals surface area contributed by atoms with E-state index in [0.29, 0.717) is 30.6 Å². The number of aliphatic hydroxyl groups is 1. The lowest BCUT2D eigenvalue weighted by Crippen LogP contribution is -2.63. The van der Waals surface area contributed by atoms with Crippen LogP contribution in [0.15, 0.2) is 29.5 Å². The molecule has 0 bridgehead atoms. The number of fused-ring (bicyclic) bond motifs is 1. The van der Waals surface area contributed by atoms with Gasteiger partial charge in [-0.2, -0.15) is 0 Å². The summed E-state index contributed by atoms with van der Waals surface area (Å²) in [6, 6.07) is 4.42. The van der Waals surface area contributed by atoms with Crippen LogP contribution in [0, 0.1) is 24.6 Å². The molecule has 1 fully saturated rings. The molecule has 0 aromatic heterocycles. The first kappa shape index (κ1) is 23.1. The molecule has 1 amide bonds. The molecule has 2 aliphatic heterocycles. The van der Waals surface area contributed by atoms with Crippen LogP contribution in [-0.4, -0.2) is 70.0 Å². The van der Waals surface area contributed by atoms with Crippen LogP contribution < -0.4 is 0 Å². The van der Waals surface area contributed by atoms with Crippen molar-refractivity contribution >= 4 is 17.7 Å². The number of benzene rings is 1. The average Bonchev–Trinajstić information content (AvgIpc) is 2.92. The standard InChI is InChI=1S/C23H29FN2O5/c1-12-7-5-8-15(19(12)24)17(28)9-6-10-25(4)11-16-13(2)20-18(14(3)27)22(29)26(20)21(16)23(30)31/h5,7-8,13-14,18,20,27H,6,9-11H2,1-4H3,(H,30,31)/t13-,14+,18+,20+/m0/s1. The maximum atomic E-state index is 14.1. The maximum Gasteiger partial charge on any atom is 0.352 e. The highest BCUT2D eigenvalue weighted by Gasteiger charge is 2.59. The fourth-order valence-corrected chi connectivity index (χ4v) is 4.73. The van der Waals surface area contributed by atoms with Crippen LogP contribution in [-0.2, 0) is 9.59 Å². The number of rotatable bonds is 9. The quantitative estimate of drug-likeness (QED) is 0.459. The molecule has 7 nitrogen and oxygen atoms in total. The molecule has 168 valence electrons. The van der Waals surface area contributed by atoms with Crippen molar-refractivity contribution in [1.29, 1.82) is 0 Å². The van der Waals surface area contributed by atoms with Gasteiger partial charge in [0, 0.05) is 18.9 Å². The first-order valence-corrected chi connectivity index (χ1v) is 10.5. The Bertz CT molecular complexity index is 942. The second-order valence-corrected chi connectivity index (χ2v) is 8.63. The highest BCUT2D eigenvalue weighted by atomic mass is 19.1. The summed E-state index contributed by atoms with van der Waals surface area (Å²) in [6.45, 7) is 5.89. The van der Waals surface area contributed by atoms with Gasteiger partial charge in [0.15, 0.2) is 5.78 Å². The first-order chi connectivity index (χ1) is 14.6. The Hall–Kier alpha value is -2.58. The predicted octanol–water partition coefficient (Wildman–Crippen LogP) is 2.23. The Morgan fingerprint density at radius 1 is 1.32 bits per heavy atom. The third kappa shape index (κ3) is 4.14. The van der Waals surface area contributed by atoms with Crippen LogP contribution in [0.2, 0.25) is 0 Å². The van der Waals surface area contributed by atoms with E-state index in [1.165, 1.54) is 11.0 Å². The molecule has 0 spiro atoms. The lowest BCUT2D eigenvalue weighted by atomic mass is 9.77. The monoisotopic (exact) mass is 432 g/mol. The third-order valence-electron chi connectivity index (χ3n) is 6.39. The number of Topliss-reactive ketones (excluding diaryl/α,β-unsaturated/α-hetero) is 1. The van der Waals surface area contributed by atoms with E-state index in [1.54, 1.807) is 26.0 Å². The highest BCUT2D eigenvalue weighted by molar-refractivity contribution is 6.00. The molecule has 4 atom stereocenters. The zero-order chi connectivity index (χ0) is 23.0. The first-order valence-electron chi connectivity index (χ1n) is 10.5. The molecule has 8 heteroatoms. The van der Waals surface area contributed by atoms with Gasteiger partial charge in [-0.1, -0.05) is 19.1 Å². The number of likely N-dealkylation sites (N-methyl/N-ethyl adjacent to an activating group) is 1. The van der Waals surface area contributed by atoms with E-state index in [1.807, 2.05) is 18.9 Å². The van der Waals surface area contributed by atoms with Gasteiger partial charge in [-0.3, -0.25) is 9.59 Å². The van der Waals surface area contributed by atoms with E-state index in [9.17, 15) is 29.0 Å². The Morgan fingerprint density at radius 3 is 2.61 bits per heavy atom. The summed E-state index contributed by atoms with van der Waals surface area (Å²) in [7, 11) is 1.82. The molecule has 0 radical (unpaired) electrons. The molecule has 3 rings (SSSR count). The van der Waals surface area contributed by atoms with Crippen molar-refractivity contribution in [2.24, 2.45) is 11.8 Å². The van der Waals surface area contributed by atoms with Gasteiger partial charge < -0.3 is 20.0 Å². The van der Waals surface area contributed by atoms with E-state index >= 15 is 0 Å². The number of carboxylic acid groups (broad SMARTS) is 1. The second kappa shape index (κ2) is 8.88. The van der Waals surface area contributed by atoms with Crippen molar-refractivity contribution < 1.29 is 29.0 Å². The molecule has 1 aromatic carbocycles. The molecular formula is C23H29FN2O5. The molecule has 31 heavy (non-hydrogen) atoms. The SMILES string of the molecule is Cc1cccc(C(=O)CCCN(C)CC2=C(C(=O)O)N3C(=O)[C@H]([C@@H](C)O)[C@H]3[C@H]2C)c1F. The van der Waals surface area contributed by atoms with Gasteiger partial charge >= 0.3 is 5.97 Å². The fourth-order valence-electron chi connectivity index (χ4n) is 4.73. The highest BCUT2D eigenvalue weighted by Crippen LogP contribution is 2.47. The number of amides is 1. The predicted molar refractivity (Wildman–Crippen MR) is 112 cm³/mol. The van der Waals surface area contributed by atoms with Gasteiger partial charge in [0.1, 0.15) is 11.5 Å². The number of ketones is 1. The lowest BCUT2D eigenvalue weighted by molar-refractivity contribution is -0.163. The summed E-state index contributed by atoms with van der Waals surface area (Å²) in [5, 5.41) is 19.6. The Labute approximate surface area is 181 Å². The van der Waals surface area contributed by atoms with Crippen LogP contribution in [0.5, 0.6) is 0 Å². The molecule has 0 saturated carbocycles.